The Hall–Kier alpha value is -4.28. The zero-order chi connectivity index (χ0) is 27.3. The van der Waals surface area contributed by atoms with Gasteiger partial charge in [0.25, 0.3) is 5.91 Å². The van der Waals surface area contributed by atoms with E-state index < -0.39 is 15.5 Å². The minimum Gasteiger partial charge on any atom is -0.489 e. The van der Waals surface area contributed by atoms with E-state index in [0.29, 0.717) is 28.5 Å². The number of halogens is 3. The van der Waals surface area contributed by atoms with E-state index in [2.05, 4.69) is 16.4 Å². The fourth-order valence-corrected chi connectivity index (χ4v) is 4.47. The van der Waals surface area contributed by atoms with Crippen molar-refractivity contribution in [2.75, 3.05) is 4.72 Å². The smallest absolute Gasteiger partial charge is 0.489 e. The monoisotopic (exact) mass is 558 g/mol. The van der Waals surface area contributed by atoms with E-state index >= 15 is 0 Å². The number of carbonyl (C=O) groups is 1. The van der Waals surface area contributed by atoms with E-state index in [1.807, 2.05) is 12.1 Å². The molecule has 0 radical (unpaired) electrons. The summed E-state index contributed by atoms with van der Waals surface area (Å²) >= 11 is 1.08. The third-order valence-corrected chi connectivity index (χ3v) is 7.00. The summed E-state index contributed by atoms with van der Waals surface area (Å²) in [6, 6.07) is 21.1. The number of rotatable bonds is 7. The number of amides is 1. The van der Waals surface area contributed by atoms with Crippen molar-refractivity contribution in [2.45, 2.75) is 12.1 Å². The fraction of sp³-hybridized carbons (Fsp3) is 0.0800. The summed E-state index contributed by atoms with van der Waals surface area (Å²) < 4.78 is 67.1. The van der Waals surface area contributed by atoms with Crippen LogP contribution in [0.3, 0.4) is 0 Å². The van der Waals surface area contributed by atoms with Crippen molar-refractivity contribution in [1.29, 1.82) is 5.26 Å². The van der Waals surface area contributed by atoms with Crippen LogP contribution < -0.4 is 14.8 Å². The summed E-state index contributed by atoms with van der Waals surface area (Å²) in [6.07, 6.45) is 1.67. The molecule has 0 aromatic heterocycles. The number of hydrogen-bond acceptors (Lipinski definition) is 7. The first-order chi connectivity index (χ1) is 18.0. The normalized spacial score (nSPS) is 15.8. The molecule has 0 saturated carbocycles. The molecule has 8 nitrogen and oxygen atoms in total. The van der Waals surface area contributed by atoms with Crippen molar-refractivity contribution < 1.29 is 31.1 Å². The number of alkyl halides is 3. The van der Waals surface area contributed by atoms with Gasteiger partial charge in [0.05, 0.1) is 22.2 Å². The highest BCUT2D eigenvalue weighted by Crippen LogP contribution is 2.30. The predicted octanol–water partition coefficient (Wildman–Crippen LogP) is 5.29. The van der Waals surface area contributed by atoms with Crippen molar-refractivity contribution in [3.8, 4) is 11.8 Å². The largest absolute Gasteiger partial charge is 0.516 e. The topological polar surface area (TPSA) is 121 Å². The molecule has 1 heterocycles. The second-order valence-electron chi connectivity index (χ2n) is 7.75. The average molecular weight is 559 g/mol. The molecular formula is C25H17F3N4O4S2. The van der Waals surface area contributed by atoms with Crippen LogP contribution in [0.5, 0.6) is 5.75 Å². The SMILES string of the molecule is N#Cc1ccc(COc2ccc(/C=C3\SC(=Nc4ccc(NS(=O)(=O)C(F)(F)F)cc4)NC3=O)cc2)cc1. The summed E-state index contributed by atoms with van der Waals surface area (Å²) in [7, 11) is -5.52. The molecule has 0 bridgehead atoms. The zero-order valence-electron chi connectivity index (χ0n) is 19.2. The average Bonchev–Trinajstić information content (AvgIpc) is 3.22. The first-order valence-electron chi connectivity index (χ1n) is 10.7. The van der Waals surface area contributed by atoms with Crippen LogP contribution in [-0.4, -0.2) is 25.0 Å². The van der Waals surface area contributed by atoms with Gasteiger partial charge in [-0.25, -0.2) is 4.99 Å². The van der Waals surface area contributed by atoms with Gasteiger partial charge in [-0.3, -0.25) is 9.52 Å². The summed E-state index contributed by atoms with van der Waals surface area (Å²) in [6.45, 7) is 0.333. The van der Waals surface area contributed by atoms with Gasteiger partial charge in [0.15, 0.2) is 5.17 Å². The van der Waals surface area contributed by atoms with E-state index in [1.54, 1.807) is 42.5 Å². The van der Waals surface area contributed by atoms with Gasteiger partial charge in [0.1, 0.15) is 12.4 Å². The van der Waals surface area contributed by atoms with Crippen molar-refractivity contribution in [2.24, 2.45) is 4.99 Å². The summed E-state index contributed by atoms with van der Waals surface area (Å²) in [4.78, 5) is 17.0. The number of ether oxygens (including phenoxy) is 1. The Kier molecular flexibility index (Phi) is 7.75. The van der Waals surface area contributed by atoms with E-state index in [-0.39, 0.29) is 16.8 Å². The molecule has 3 aromatic rings. The van der Waals surface area contributed by atoms with Gasteiger partial charge in [0, 0.05) is 5.69 Å². The number of sulfonamides is 1. The molecule has 194 valence electrons. The van der Waals surface area contributed by atoms with E-state index in [9.17, 15) is 26.4 Å². The number of hydrogen-bond donors (Lipinski definition) is 2. The Bertz CT molecular complexity index is 1540. The van der Waals surface area contributed by atoms with Crippen LogP contribution in [0.4, 0.5) is 24.5 Å². The van der Waals surface area contributed by atoms with Gasteiger partial charge in [-0.15, -0.1) is 0 Å². The molecule has 38 heavy (non-hydrogen) atoms. The standard InChI is InChI=1S/C25H17F3N4O4S2/c26-25(27,28)38(34,35)32-20-9-7-19(8-10-20)30-24-31-23(33)22(37-24)13-16-5-11-21(12-6-16)36-15-18-3-1-17(14-29)2-4-18/h1-13,32H,15H2,(H,30,31,33)/b22-13-. The van der Waals surface area contributed by atoms with Gasteiger partial charge < -0.3 is 10.1 Å². The van der Waals surface area contributed by atoms with Gasteiger partial charge in [0.2, 0.25) is 0 Å². The predicted molar refractivity (Wildman–Crippen MR) is 138 cm³/mol. The van der Waals surface area contributed by atoms with Crippen molar-refractivity contribution in [1.82, 2.24) is 5.32 Å². The molecule has 0 atom stereocenters. The maximum Gasteiger partial charge on any atom is 0.516 e. The van der Waals surface area contributed by atoms with Crippen LogP contribution in [0.25, 0.3) is 6.08 Å². The second-order valence-corrected chi connectivity index (χ2v) is 10.5. The highest BCUT2D eigenvalue weighted by Gasteiger charge is 2.46. The molecular weight excluding hydrogens is 541 g/mol. The Morgan fingerprint density at radius 2 is 1.68 bits per heavy atom. The fourth-order valence-electron chi connectivity index (χ4n) is 3.07. The van der Waals surface area contributed by atoms with Gasteiger partial charge >= 0.3 is 15.5 Å². The summed E-state index contributed by atoms with van der Waals surface area (Å²) in [5.41, 5.74) is -3.18. The molecule has 0 unspecified atom stereocenters. The number of anilines is 1. The lowest BCUT2D eigenvalue weighted by Crippen LogP contribution is -2.29. The second kappa shape index (κ2) is 11.0. The first kappa shape index (κ1) is 26.8. The van der Waals surface area contributed by atoms with Crippen LogP contribution in [0.1, 0.15) is 16.7 Å². The Labute approximate surface area is 219 Å². The van der Waals surface area contributed by atoms with Crippen LogP contribution in [0, 0.1) is 11.3 Å². The molecule has 1 saturated heterocycles. The number of aliphatic imine (C=N–C) groups is 1. The third kappa shape index (κ3) is 6.72. The van der Waals surface area contributed by atoms with E-state index in [1.165, 1.54) is 16.9 Å². The maximum absolute atomic E-state index is 12.5. The highest BCUT2D eigenvalue weighted by atomic mass is 32.2. The lowest BCUT2D eigenvalue weighted by atomic mass is 10.1. The first-order valence-corrected chi connectivity index (χ1v) is 13.0. The van der Waals surface area contributed by atoms with Crippen molar-refractivity contribution >= 4 is 50.3 Å². The van der Waals surface area contributed by atoms with Crippen molar-refractivity contribution in [3.05, 3.63) is 94.4 Å². The highest BCUT2D eigenvalue weighted by molar-refractivity contribution is 8.18. The van der Waals surface area contributed by atoms with Gasteiger partial charge in [-0.1, -0.05) is 24.3 Å². The molecule has 3 aromatic carbocycles. The minimum absolute atomic E-state index is 0.257. The Balaban J connectivity index is 1.36. The molecule has 1 amide bonds. The van der Waals surface area contributed by atoms with Gasteiger partial charge in [-0.2, -0.15) is 26.9 Å². The number of amidine groups is 1. The molecule has 13 heteroatoms. The van der Waals surface area contributed by atoms with E-state index in [4.69, 9.17) is 10.00 Å². The number of thioether (sulfide) groups is 1. The summed E-state index contributed by atoms with van der Waals surface area (Å²) in [5.74, 6) is 0.257. The Morgan fingerprint density at radius 3 is 2.29 bits per heavy atom. The zero-order valence-corrected chi connectivity index (χ0v) is 20.8. The third-order valence-electron chi connectivity index (χ3n) is 4.97. The van der Waals surface area contributed by atoms with Gasteiger partial charge in [-0.05, 0) is 77.5 Å². The minimum atomic E-state index is -5.52. The maximum atomic E-state index is 12.5. The lowest BCUT2D eigenvalue weighted by Gasteiger charge is -2.10. The number of carbonyl (C=O) groups excluding carboxylic acids is 1. The number of benzene rings is 3. The summed E-state index contributed by atoms with van der Waals surface area (Å²) in [5, 5.41) is 11.7. The molecule has 1 aliphatic heterocycles. The molecule has 4 rings (SSSR count). The van der Waals surface area contributed by atoms with Crippen molar-refractivity contribution in [3.63, 3.8) is 0 Å². The molecule has 1 aliphatic rings. The quantitative estimate of drug-likeness (QED) is 0.380. The molecule has 2 N–H and O–H groups in total. The molecule has 0 spiro atoms. The van der Waals surface area contributed by atoms with Crippen LogP contribution in [0.2, 0.25) is 0 Å². The number of nitrogens with one attached hydrogen (secondary N) is 2. The Morgan fingerprint density at radius 1 is 1.03 bits per heavy atom. The van der Waals surface area contributed by atoms with Crippen LogP contribution in [0.15, 0.2) is 82.7 Å². The number of nitriles is 1. The van der Waals surface area contributed by atoms with Crippen LogP contribution in [-0.2, 0) is 21.4 Å². The van der Waals surface area contributed by atoms with E-state index in [0.717, 1.165) is 35.0 Å². The molecule has 1 fully saturated rings. The van der Waals surface area contributed by atoms with Crippen LogP contribution >= 0.6 is 11.8 Å². The lowest BCUT2D eigenvalue weighted by molar-refractivity contribution is -0.115. The molecule has 0 aliphatic carbocycles. The number of nitrogens with zero attached hydrogens (tertiary/aromatic N) is 2.